The molecule has 9 nitrogen and oxygen atoms in total. The number of rotatable bonds is 2. The highest BCUT2D eigenvalue weighted by Gasteiger charge is 2.50. The number of nitrogens with one attached hydrogen (secondary N) is 3. The van der Waals surface area contributed by atoms with Crippen molar-refractivity contribution in [2.45, 2.75) is 36.5 Å². The van der Waals surface area contributed by atoms with Gasteiger partial charge in [0.05, 0.1) is 24.7 Å². The monoisotopic (exact) mass is 269 g/mol. The molecular weight excluding hydrogens is 254 g/mol. The maximum Gasteiger partial charge on any atom is 0.149 e. The number of nitrogens with zero attached hydrogens (tertiary/aromatic N) is 2. The minimum Gasteiger partial charge on any atom is -0.394 e. The summed E-state index contributed by atoms with van der Waals surface area (Å²) in [6, 6.07) is -0.768. The highest BCUT2D eigenvalue weighted by Crippen LogP contribution is 2.26. The predicted molar refractivity (Wildman–Crippen MR) is 65.3 cm³/mol. The highest BCUT2D eigenvalue weighted by molar-refractivity contribution is 6.06. The van der Waals surface area contributed by atoms with Crippen molar-refractivity contribution in [3.63, 3.8) is 0 Å². The quantitative estimate of drug-likeness (QED) is 0.311. The fourth-order valence-corrected chi connectivity index (χ4v) is 2.51. The average Bonchev–Trinajstić information content (AvgIpc) is 2.94. The zero-order valence-electron chi connectivity index (χ0n) is 9.89. The molecule has 3 aliphatic heterocycles. The lowest BCUT2D eigenvalue weighted by molar-refractivity contribution is -0.0102. The second kappa shape index (κ2) is 4.53. The standard InChI is InChI=1S/C10H15N5O4/c11-10-6-4(12-2-13-10)5(14-15-6)9-8(18)7(17)3(1-16)19-9/h2-4,6-9,15-18H,1H2,(H2,11,12,13)/t3-,4?,6?,7-,8-,9+/m1/s1. The number of hydrogen-bond donors (Lipinski definition) is 6. The number of aliphatic hydroxyl groups excluding tert-OH is 3. The van der Waals surface area contributed by atoms with Gasteiger partial charge in [0.1, 0.15) is 36.3 Å². The summed E-state index contributed by atoms with van der Waals surface area (Å²) in [7, 11) is 0. The zero-order chi connectivity index (χ0) is 13.6. The van der Waals surface area contributed by atoms with Gasteiger partial charge in [0, 0.05) is 0 Å². The van der Waals surface area contributed by atoms with E-state index in [-0.39, 0.29) is 18.5 Å². The van der Waals surface area contributed by atoms with Crippen LogP contribution in [0.2, 0.25) is 0 Å². The number of aliphatic hydroxyl groups is 3. The number of fused-ring (bicyclic) bond motifs is 1. The molecule has 104 valence electrons. The molecule has 0 amide bonds. The van der Waals surface area contributed by atoms with Gasteiger partial charge < -0.3 is 25.4 Å². The first-order valence-electron chi connectivity index (χ1n) is 5.96. The van der Waals surface area contributed by atoms with E-state index in [0.29, 0.717) is 5.71 Å². The first kappa shape index (κ1) is 12.5. The molecule has 0 bridgehead atoms. The van der Waals surface area contributed by atoms with Crippen LogP contribution in [0.25, 0.3) is 0 Å². The molecule has 0 spiro atoms. The third kappa shape index (κ3) is 1.82. The Labute approximate surface area is 108 Å². The Balaban J connectivity index is 1.80. The van der Waals surface area contributed by atoms with E-state index in [1.165, 1.54) is 6.34 Å². The van der Waals surface area contributed by atoms with E-state index in [1.54, 1.807) is 0 Å². The van der Waals surface area contributed by atoms with Crippen LogP contribution in [0, 0.1) is 5.41 Å². The van der Waals surface area contributed by atoms with Gasteiger partial charge in [-0.25, -0.2) is 4.99 Å². The summed E-state index contributed by atoms with van der Waals surface area (Å²) in [6.45, 7) is -0.381. The third-order valence-corrected chi connectivity index (χ3v) is 3.57. The van der Waals surface area contributed by atoms with Gasteiger partial charge in [0.15, 0.2) is 0 Å². The first-order valence-corrected chi connectivity index (χ1v) is 5.96. The van der Waals surface area contributed by atoms with Crippen LogP contribution in [0.4, 0.5) is 0 Å². The van der Waals surface area contributed by atoms with Crippen molar-refractivity contribution in [2.75, 3.05) is 6.61 Å². The molecule has 2 unspecified atom stereocenters. The van der Waals surface area contributed by atoms with Crippen molar-refractivity contribution < 1.29 is 20.1 Å². The SMILES string of the molecule is N=C1N=CNC2C([C@@H]3O[C@H](CO)[C@@H](O)[C@H]3O)=NNC12. The molecule has 6 atom stereocenters. The molecule has 9 heteroatoms. The normalized spacial score (nSPS) is 44.6. The van der Waals surface area contributed by atoms with Gasteiger partial charge in [0.2, 0.25) is 0 Å². The van der Waals surface area contributed by atoms with E-state index in [9.17, 15) is 10.2 Å². The summed E-state index contributed by atoms with van der Waals surface area (Å²) in [5.41, 5.74) is 3.22. The van der Waals surface area contributed by atoms with Crippen LogP contribution in [-0.4, -0.2) is 76.3 Å². The molecule has 0 saturated carbocycles. The van der Waals surface area contributed by atoms with Gasteiger partial charge >= 0.3 is 0 Å². The summed E-state index contributed by atoms with van der Waals surface area (Å²) in [5.74, 6) is 0.134. The molecule has 1 saturated heterocycles. The summed E-state index contributed by atoms with van der Waals surface area (Å²) in [6.07, 6.45) is -2.58. The van der Waals surface area contributed by atoms with Crippen LogP contribution in [-0.2, 0) is 4.74 Å². The van der Waals surface area contributed by atoms with Crippen LogP contribution in [0.1, 0.15) is 0 Å². The van der Waals surface area contributed by atoms with Crippen LogP contribution in [0.15, 0.2) is 10.1 Å². The second-order valence-electron chi connectivity index (χ2n) is 4.69. The first-order chi connectivity index (χ1) is 9.13. The van der Waals surface area contributed by atoms with E-state index >= 15 is 0 Å². The van der Waals surface area contributed by atoms with Crippen molar-refractivity contribution in [3.8, 4) is 0 Å². The average molecular weight is 269 g/mol. The zero-order valence-corrected chi connectivity index (χ0v) is 9.89. The molecule has 19 heavy (non-hydrogen) atoms. The fourth-order valence-electron chi connectivity index (χ4n) is 2.51. The number of amidine groups is 1. The Bertz CT molecular complexity index is 453. The maximum atomic E-state index is 9.97. The Morgan fingerprint density at radius 2 is 2.11 bits per heavy atom. The molecule has 0 aromatic carbocycles. The molecule has 0 aliphatic carbocycles. The lowest BCUT2D eigenvalue weighted by Gasteiger charge is -2.26. The Morgan fingerprint density at radius 1 is 1.32 bits per heavy atom. The summed E-state index contributed by atoms with van der Waals surface area (Å²) in [5, 5.41) is 43.5. The topological polar surface area (TPSA) is 143 Å². The number of hydrazone groups is 1. The largest absolute Gasteiger partial charge is 0.394 e. The van der Waals surface area contributed by atoms with Gasteiger partial charge in [-0.05, 0) is 0 Å². The second-order valence-corrected chi connectivity index (χ2v) is 4.69. The lowest BCUT2D eigenvalue weighted by atomic mass is 9.95. The van der Waals surface area contributed by atoms with Crippen molar-refractivity contribution in [1.82, 2.24) is 10.7 Å². The summed E-state index contributed by atoms with van der Waals surface area (Å²) in [4.78, 5) is 3.82. The summed E-state index contributed by atoms with van der Waals surface area (Å²) < 4.78 is 5.43. The molecular formula is C10H15N5O4. The lowest BCUT2D eigenvalue weighted by Crippen LogP contribution is -2.55. The van der Waals surface area contributed by atoms with Crippen LogP contribution >= 0.6 is 0 Å². The van der Waals surface area contributed by atoms with Crippen LogP contribution in [0.3, 0.4) is 0 Å². The smallest absolute Gasteiger partial charge is 0.149 e. The van der Waals surface area contributed by atoms with E-state index in [1.807, 2.05) is 0 Å². The fraction of sp³-hybridized carbons (Fsp3) is 0.700. The molecule has 6 N–H and O–H groups in total. The Morgan fingerprint density at radius 3 is 2.79 bits per heavy atom. The molecule has 3 aliphatic rings. The van der Waals surface area contributed by atoms with Gasteiger partial charge in [-0.3, -0.25) is 10.8 Å². The predicted octanol–water partition coefficient (Wildman–Crippen LogP) is -3.23. The minimum absolute atomic E-state index is 0.134. The van der Waals surface area contributed by atoms with E-state index in [4.69, 9.17) is 15.3 Å². The van der Waals surface area contributed by atoms with Gasteiger partial charge in [0.25, 0.3) is 0 Å². The Kier molecular flexibility index (Phi) is 2.97. The summed E-state index contributed by atoms with van der Waals surface area (Å²) >= 11 is 0. The number of aliphatic imine (C=N–C) groups is 1. The van der Waals surface area contributed by atoms with Crippen molar-refractivity contribution in [2.24, 2.45) is 10.1 Å². The number of hydrogen-bond acceptors (Lipinski definition) is 8. The molecule has 3 rings (SSSR count). The van der Waals surface area contributed by atoms with Crippen LogP contribution < -0.4 is 10.7 Å². The molecule has 3 heterocycles. The van der Waals surface area contributed by atoms with Crippen LogP contribution in [0.5, 0.6) is 0 Å². The van der Waals surface area contributed by atoms with Crippen molar-refractivity contribution >= 4 is 17.9 Å². The van der Waals surface area contributed by atoms with Gasteiger partial charge in [-0.1, -0.05) is 0 Å². The number of ether oxygens (including phenoxy) is 1. The van der Waals surface area contributed by atoms with Gasteiger partial charge in [-0.2, -0.15) is 5.10 Å². The molecule has 0 radical (unpaired) electrons. The van der Waals surface area contributed by atoms with Gasteiger partial charge in [-0.15, -0.1) is 0 Å². The Hall–Kier alpha value is -1.55. The molecule has 0 aromatic heterocycles. The molecule has 1 fully saturated rings. The van der Waals surface area contributed by atoms with E-state index in [2.05, 4.69) is 20.8 Å². The maximum absolute atomic E-state index is 9.97. The minimum atomic E-state index is -1.16. The van der Waals surface area contributed by atoms with Crippen molar-refractivity contribution in [3.05, 3.63) is 0 Å². The van der Waals surface area contributed by atoms with E-state index < -0.39 is 30.5 Å². The molecule has 0 aromatic rings. The highest BCUT2D eigenvalue weighted by atomic mass is 16.6. The van der Waals surface area contributed by atoms with Crippen molar-refractivity contribution in [1.29, 1.82) is 5.41 Å². The third-order valence-electron chi connectivity index (χ3n) is 3.57. The van der Waals surface area contributed by atoms with E-state index in [0.717, 1.165) is 0 Å².